The van der Waals surface area contributed by atoms with Crippen molar-refractivity contribution >= 4 is 0 Å². The third-order valence-corrected chi connectivity index (χ3v) is 4.34. The zero-order chi connectivity index (χ0) is 15.5. The monoisotopic (exact) mass is 293 g/mol. The van der Waals surface area contributed by atoms with E-state index in [1.54, 1.807) is 14.2 Å². The van der Waals surface area contributed by atoms with E-state index in [0.29, 0.717) is 23.0 Å². The molecule has 4 heteroatoms. The van der Waals surface area contributed by atoms with Crippen LogP contribution in [0.5, 0.6) is 17.2 Å². The van der Waals surface area contributed by atoms with Crippen LogP contribution >= 0.6 is 0 Å². The molecule has 1 aromatic rings. The molecule has 0 radical (unpaired) electrons. The highest BCUT2D eigenvalue weighted by Gasteiger charge is 2.27. The lowest BCUT2D eigenvalue weighted by molar-refractivity contribution is 0.197. The third-order valence-electron chi connectivity index (χ3n) is 4.34. The lowest BCUT2D eigenvalue weighted by atomic mass is 9.75. The number of aromatic hydroxyl groups is 1. The van der Waals surface area contributed by atoms with Gasteiger partial charge in [0.1, 0.15) is 0 Å². The Hall–Kier alpha value is -1.42. The predicted molar refractivity (Wildman–Crippen MR) is 84.1 cm³/mol. The Morgan fingerprint density at radius 3 is 2.38 bits per heavy atom. The van der Waals surface area contributed by atoms with Crippen LogP contribution in [0.2, 0.25) is 0 Å². The minimum absolute atomic E-state index is 0.0579. The van der Waals surface area contributed by atoms with Crippen molar-refractivity contribution in [2.75, 3.05) is 14.2 Å². The topological polar surface area (TPSA) is 50.7 Å². The van der Waals surface area contributed by atoms with Crippen molar-refractivity contribution in [1.82, 2.24) is 5.32 Å². The molecule has 0 amide bonds. The summed E-state index contributed by atoms with van der Waals surface area (Å²) >= 11 is 0. The molecule has 2 rings (SSSR count). The first-order valence-electron chi connectivity index (χ1n) is 7.62. The average molecular weight is 293 g/mol. The molecular formula is C17H27NO3. The van der Waals surface area contributed by atoms with E-state index in [2.05, 4.69) is 19.2 Å². The number of phenols is 1. The fraction of sp³-hybridized carbons (Fsp3) is 0.647. The predicted octanol–water partition coefficient (Wildman–Crippen LogP) is 3.47. The molecule has 0 aliphatic heterocycles. The van der Waals surface area contributed by atoms with E-state index >= 15 is 0 Å². The number of hydrogen-bond donors (Lipinski definition) is 2. The summed E-state index contributed by atoms with van der Waals surface area (Å²) in [5.41, 5.74) is 1.49. The summed E-state index contributed by atoms with van der Waals surface area (Å²) in [4.78, 5) is 0. The number of phenolic OH excluding ortho intramolecular Hbond substituents is 1. The second-order valence-corrected chi connectivity index (χ2v) is 6.69. The molecule has 1 saturated carbocycles. The second-order valence-electron chi connectivity index (χ2n) is 6.69. The average Bonchev–Trinajstić information content (AvgIpc) is 2.45. The highest BCUT2D eigenvalue weighted by Crippen LogP contribution is 2.38. The fourth-order valence-electron chi connectivity index (χ4n) is 3.18. The Bertz CT molecular complexity index is 460. The number of benzene rings is 1. The van der Waals surface area contributed by atoms with Crippen LogP contribution in [-0.4, -0.2) is 25.4 Å². The smallest absolute Gasteiger partial charge is 0.200 e. The van der Waals surface area contributed by atoms with E-state index in [1.807, 2.05) is 12.1 Å². The van der Waals surface area contributed by atoms with Gasteiger partial charge in [-0.25, -0.2) is 0 Å². The molecule has 0 saturated heterocycles. The molecule has 0 aromatic heterocycles. The summed E-state index contributed by atoms with van der Waals surface area (Å²) in [6.45, 7) is 5.44. The van der Waals surface area contributed by atoms with Crippen molar-refractivity contribution in [2.45, 2.75) is 52.1 Å². The number of rotatable bonds is 5. The van der Waals surface area contributed by atoms with Crippen LogP contribution in [0.25, 0.3) is 0 Å². The van der Waals surface area contributed by atoms with Gasteiger partial charge in [0.05, 0.1) is 14.2 Å². The van der Waals surface area contributed by atoms with Crippen molar-refractivity contribution in [1.29, 1.82) is 0 Å². The molecule has 1 aliphatic carbocycles. The lowest BCUT2D eigenvalue weighted by Gasteiger charge is -2.35. The largest absolute Gasteiger partial charge is 0.502 e. The van der Waals surface area contributed by atoms with Gasteiger partial charge >= 0.3 is 0 Å². The van der Waals surface area contributed by atoms with Crippen molar-refractivity contribution in [2.24, 2.45) is 5.41 Å². The molecule has 1 unspecified atom stereocenters. The Morgan fingerprint density at radius 2 is 1.86 bits per heavy atom. The van der Waals surface area contributed by atoms with Crippen LogP contribution in [-0.2, 0) is 6.54 Å². The molecule has 118 valence electrons. The van der Waals surface area contributed by atoms with Gasteiger partial charge in [-0.2, -0.15) is 0 Å². The van der Waals surface area contributed by atoms with Crippen LogP contribution in [0.4, 0.5) is 0 Å². The SMILES string of the molecule is COc1cc(CNC2CCCC(C)(C)C2)cc(OC)c1O. The number of nitrogens with one attached hydrogen (secondary N) is 1. The van der Waals surface area contributed by atoms with E-state index in [9.17, 15) is 5.11 Å². The molecular weight excluding hydrogens is 266 g/mol. The van der Waals surface area contributed by atoms with Gasteiger partial charge in [-0.3, -0.25) is 0 Å². The molecule has 0 bridgehead atoms. The highest BCUT2D eigenvalue weighted by atomic mass is 16.5. The number of ether oxygens (including phenoxy) is 2. The first-order valence-corrected chi connectivity index (χ1v) is 7.62. The van der Waals surface area contributed by atoms with Crippen LogP contribution in [0.1, 0.15) is 45.1 Å². The number of hydrogen-bond acceptors (Lipinski definition) is 4. The quantitative estimate of drug-likeness (QED) is 0.873. The van der Waals surface area contributed by atoms with Crippen LogP contribution in [0.3, 0.4) is 0 Å². The summed E-state index contributed by atoms with van der Waals surface area (Å²) in [5, 5.41) is 13.6. The fourth-order valence-corrected chi connectivity index (χ4v) is 3.18. The Morgan fingerprint density at radius 1 is 1.24 bits per heavy atom. The zero-order valence-electron chi connectivity index (χ0n) is 13.5. The van der Waals surface area contributed by atoms with Gasteiger partial charge in [-0.15, -0.1) is 0 Å². The molecule has 1 atom stereocenters. The third kappa shape index (κ3) is 4.03. The molecule has 0 heterocycles. The van der Waals surface area contributed by atoms with E-state index in [4.69, 9.17) is 9.47 Å². The highest BCUT2D eigenvalue weighted by molar-refractivity contribution is 5.52. The van der Waals surface area contributed by atoms with E-state index < -0.39 is 0 Å². The minimum Gasteiger partial charge on any atom is -0.502 e. The van der Waals surface area contributed by atoms with Gasteiger partial charge in [0, 0.05) is 12.6 Å². The minimum atomic E-state index is 0.0579. The summed E-state index contributed by atoms with van der Waals surface area (Å²) in [5.74, 6) is 0.966. The second kappa shape index (κ2) is 6.56. The molecule has 1 fully saturated rings. The maximum Gasteiger partial charge on any atom is 0.200 e. The molecule has 4 nitrogen and oxygen atoms in total. The van der Waals surface area contributed by atoms with Gasteiger partial charge in [-0.05, 0) is 42.4 Å². The lowest BCUT2D eigenvalue weighted by Crippen LogP contribution is -2.36. The summed E-state index contributed by atoms with van der Waals surface area (Å²) in [6, 6.07) is 4.28. The van der Waals surface area contributed by atoms with Gasteiger partial charge < -0.3 is 19.9 Å². The van der Waals surface area contributed by atoms with E-state index in [0.717, 1.165) is 12.1 Å². The zero-order valence-corrected chi connectivity index (χ0v) is 13.5. The van der Waals surface area contributed by atoms with Crippen molar-refractivity contribution in [3.63, 3.8) is 0 Å². The van der Waals surface area contributed by atoms with Gasteiger partial charge in [0.25, 0.3) is 0 Å². The van der Waals surface area contributed by atoms with E-state index in [-0.39, 0.29) is 5.75 Å². The first kappa shape index (κ1) is 16.0. The normalized spacial score (nSPS) is 21.0. The van der Waals surface area contributed by atoms with Crippen molar-refractivity contribution in [3.8, 4) is 17.2 Å². The van der Waals surface area contributed by atoms with Crippen LogP contribution < -0.4 is 14.8 Å². The Labute approximate surface area is 127 Å². The maximum absolute atomic E-state index is 9.93. The van der Waals surface area contributed by atoms with E-state index in [1.165, 1.54) is 25.7 Å². The molecule has 1 aliphatic rings. The standard InChI is InChI=1S/C17H27NO3/c1-17(2)7-5-6-13(10-17)18-11-12-8-14(20-3)16(19)15(9-12)21-4/h8-9,13,18-19H,5-7,10-11H2,1-4H3. The molecule has 2 N–H and O–H groups in total. The Balaban J connectivity index is 2.03. The molecule has 21 heavy (non-hydrogen) atoms. The summed E-state index contributed by atoms with van der Waals surface area (Å²) in [7, 11) is 3.10. The number of methoxy groups -OCH3 is 2. The van der Waals surface area contributed by atoms with Gasteiger partial charge in [0.15, 0.2) is 11.5 Å². The Kier molecular flexibility index (Phi) is 4.99. The van der Waals surface area contributed by atoms with Crippen LogP contribution in [0, 0.1) is 5.41 Å². The first-order chi connectivity index (χ1) is 9.95. The van der Waals surface area contributed by atoms with Crippen molar-refractivity contribution < 1.29 is 14.6 Å². The molecule has 1 aromatic carbocycles. The van der Waals surface area contributed by atoms with Gasteiger partial charge in [-0.1, -0.05) is 20.3 Å². The van der Waals surface area contributed by atoms with Gasteiger partial charge in [0.2, 0.25) is 5.75 Å². The molecule has 0 spiro atoms. The maximum atomic E-state index is 9.93. The van der Waals surface area contributed by atoms with Crippen LogP contribution in [0.15, 0.2) is 12.1 Å². The summed E-state index contributed by atoms with van der Waals surface area (Å²) < 4.78 is 10.4. The summed E-state index contributed by atoms with van der Waals surface area (Å²) in [6.07, 6.45) is 5.04. The van der Waals surface area contributed by atoms with Crippen molar-refractivity contribution in [3.05, 3.63) is 17.7 Å².